The third-order valence-corrected chi connectivity index (χ3v) is 3.33. The monoisotopic (exact) mass is 213 g/mol. The summed E-state index contributed by atoms with van der Waals surface area (Å²) in [7, 11) is 4.14. The largest absolute Gasteiger partial charge is 0.341 e. The molecule has 1 aliphatic heterocycles. The highest BCUT2D eigenvalue weighted by Crippen LogP contribution is 2.16. The molecule has 0 aromatic rings. The van der Waals surface area contributed by atoms with Gasteiger partial charge in [-0.2, -0.15) is 0 Å². The fourth-order valence-corrected chi connectivity index (χ4v) is 2.06. The summed E-state index contributed by atoms with van der Waals surface area (Å²) in [6.45, 7) is 4.24. The summed E-state index contributed by atoms with van der Waals surface area (Å²) < 4.78 is 0. The van der Waals surface area contributed by atoms with Crippen molar-refractivity contribution >= 4 is 5.91 Å². The molecule has 1 fully saturated rings. The van der Waals surface area contributed by atoms with E-state index in [9.17, 15) is 4.79 Å². The van der Waals surface area contributed by atoms with Crippen LogP contribution in [0.25, 0.3) is 0 Å². The van der Waals surface area contributed by atoms with Crippen molar-refractivity contribution in [2.45, 2.75) is 25.8 Å². The number of carbonyl (C=O) groups is 1. The molecule has 4 nitrogen and oxygen atoms in total. The molecule has 0 bridgehead atoms. The average molecular weight is 213 g/mol. The molecule has 0 aromatic heterocycles. The maximum Gasteiger partial charge on any atom is 0.226 e. The number of hydrogen-bond acceptors (Lipinski definition) is 3. The number of likely N-dealkylation sites (tertiary alicyclic amines) is 1. The number of nitrogens with zero attached hydrogens (tertiary/aromatic N) is 2. The zero-order valence-electron chi connectivity index (χ0n) is 10.1. The second-order valence-electron chi connectivity index (χ2n) is 4.53. The van der Waals surface area contributed by atoms with Crippen LogP contribution in [0.3, 0.4) is 0 Å². The van der Waals surface area contributed by atoms with Crippen LogP contribution in [0, 0.1) is 5.92 Å². The van der Waals surface area contributed by atoms with Crippen LogP contribution in [0.4, 0.5) is 0 Å². The maximum absolute atomic E-state index is 12.0. The van der Waals surface area contributed by atoms with Crippen LogP contribution in [0.2, 0.25) is 0 Å². The minimum absolute atomic E-state index is 0.0194. The van der Waals surface area contributed by atoms with Crippen molar-refractivity contribution in [3.63, 3.8) is 0 Å². The van der Waals surface area contributed by atoms with E-state index >= 15 is 0 Å². The third kappa shape index (κ3) is 2.92. The summed E-state index contributed by atoms with van der Waals surface area (Å²) in [6, 6.07) is 0.518. The average Bonchev–Trinajstić information content (AvgIpc) is 2.68. The highest BCUT2D eigenvalue weighted by Gasteiger charge is 2.30. The molecule has 0 aromatic carbocycles. The van der Waals surface area contributed by atoms with Gasteiger partial charge in [0.25, 0.3) is 0 Å². The van der Waals surface area contributed by atoms with Gasteiger partial charge in [-0.25, -0.2) is 0 Å². The first-order valence-corrected chi connectivity index (χ1v) is 5.75. The van der Waals surface area contributed by atoms with Crippen LogP contribution in [-0.2, 0) is 4.79 Å². The molecule has 0 aliphatic carbocycles. The molecule has 0 saturated carbocycles. The molecule has 1 aliphatic rings. The quantitative estimate of drug-likeness (QED) is 0.722. The zero-order chi connectivity index (χ0) is 11.4. The van der Waals surface area contributed by atoms with E-state index in [4.69, 9.17) is 5.73 Å². The minimum Gasteiger partial charge on any atom is -0.341 e. The summed E-state index contributed by atoms with van der Waals surface area (Å²) in [6.07, 6.45) is 1.93. The lowest BCUT2D eigenvalue weighted by Gasteiger charge is -2.23. The number of amides is 1. The third-order valence-electron chi connectivity index (χ3n) is 3.33. The van der Waals surface area contributed by atoms with E-state index in [1.165, 1.54) is 0 Å². The van der Waals surface area contributed by atoms with Crippen molar-refractivity contribution in [3.05, 3.63) is 0 Å². The van der Waals surface area contributed by atoms with Gasteiger partial charge in [-0.3, -0.25) is 4.79 Å². The smallest absolute Gasteiger partial charge is 0.226 e. The molecule has 15 heavy (non-hydrogen) atoms. The van der Waals surface area contributed by atoms with Gasteiger partial charge in [0.05, 0.1) is 5.92 Å². The molecule has 0 radical (unpaired) electrons. The maximum atomic E-state index is 12.0. The molecule has 2 unspecified atom stereocenters. The number of rotatable bonds is 4. The van der Waals surface area contributed by atoms with E-state index in [1.54, 1.807) is 0 Å². The number of nitrogens with two attached hydrogens (primary N) is 1. The molecule has 0 spiro atoms. The molecule has 1 amide bonds. The molecule has 2 atom stereocenters. The van der Waals surface area contributed by atoms with E-state index in [0.29, 0.717) is 12.6 Å². The van der Waals surface area contributed by atoms with Crippen LogP contribution in [0.1, 0.15) is 19.8 Å². The van der Waals surface area contributed by atoms with E-state index in [0.717, 1.165) is 25.9 Å². The fourth-order valence-electron chi connectivity index (χ4n) is 2.06. The van der Waals surface area contributed by atoms with Crippen molar-refractivity contribution in [1.82, 2.24) is 9.80 Å². The summed E-state index contributed by atoms with van der Waals surface area (Å²) in [4.78, 5) is 16.2. The van der Waals surface area contributed by atoms with E-state index in [1.807, 2.05) is 11.8 Å². The fraction of sp³-hybridized carbons (Fsp3) is 0.909. The Balaban J connectivity index is 2.49. The zero-order valence-corrected chi connectivity index (χ0v) is 10.1. The molecular formula is C11H23N3O. The first kappa shape index (κ1) is 12.5. The second-order valence-corrected chi connectivity index (χ2v) is 4.53. The number of hydrogen-bond donors (Lipinski definition) is 1. The lowest BCUT2D eigenvalue weighted by Crippen LogP contribution is -2.39. The molecule has 88 valence electrons. The number of carbonyl (C=O) groups excluding carboxylic acids is 1. The van der Waals surface area contributed by atoms with E-state index in [-0.39, 0.29) is 11.8 Å². The minimum atomic E-state index is 0.0194. The van der Waals surface area contributed by atoms with Gasteiger partial charge in [0, 0.05) is 25.7 Å². The topological polar surface area (TPSA) is 49.6 Å². The Morgan fingerprint density at radius 2 is 2.27 bits per heavy atom. The van der Waals surface area contributed by atoms with Gasteiger partial charge in [0.15, 0.2) is 0 Å². The van der Waals surface area contributed by atoms with Gasteiger partial charge in [-0.05, 0) is 26.9 Å². The first-order chi connectivity index (χ1) is 7.10. The van der Waals surface area contributed by atoms with Crippen LogP contribution in [0.15, 0.2) is 0 Å². The van der Waals surface area contributed by atoms with Crippen molar-refractivity contribution in [2.24, 2.45) is 11.7 Å². The predicted molar refractivity (Wildman–Crippen MR) is 61.5 cm³/mol. The SMILES string of the molecule is CCC(CN)C(=O)N1CCC(N(C)C)C1. The lowest BCUT2D eigenvalue weighted by atomic mass is 10.1. The number of likely N-dealkylation sites (N-methyl/N-ethyl adjacent to an activating group) is 1. The van der Waals surface area contributed by atoms with Gasteiger partial charge in [0.2, 0.25) is 5.91 Å². The summed E-state index contributed by atoms with van der Waals surface area (Å²) in [5.74, 6) is 0.260. The Kier molecular flexibility index (Phi) is 4.54. The molecule has 1 rings (SSSR count). The summed E-state index contributed by atoms with van der Waals surface area (Å²) in [5, 5.41) is 0. The van der Waals surface area contributed by atoms with Gasteiger partial charge in [-0.1, -0.05) is 6.92 Å². The summed E-state index contributed by atoms with van der Waals surface area (Å²) >= 11 is 0. The molecule has 1 heterocycles. The normalized spacial score (nSPS) is 23.5. The van der Waals surface area contributed by atoms with Crippen LogP contribution >= 0.6 is 0 Å². The van der Waals surface area contributed by atoms with Crippen LogP contribution in [0.5, 0.6) is 0 Å². The standard InChI is InChI=1S/C11H23N3O/c1-4-9(7-12)11(15)14-6-5-10(8-14)13(2)3/h9-10H,4-8,12H2,1-3H3. The van der Waals surface area contributed by atoms with Gasteiger partial charge in [0.1, 0.15) is 0 Å². The first-order valence-electron chi connectivity index (χ1n) is 5.75. The van der Waals surface area contributed by atoms with Crippen molar-refractivity contribution in [2.75, 3.05) is 33.7 Å². The van der Waals surface area contributed by atoms with Gasteiger partial charge < -0.3 is 15.5 Å². The Bertz CT molecular complexity index is 214. The van der Waals surface area contributed by atoms with Gasteiger partial charge in [-0.15, -0.1) is 0 Å². The Morgan fingerprint density at radius 1 is 1.60 bits per heavy atom. The van der Waals surface area contributed by atoms with Gasteiger partial charge >= 0.3 is 0 Å². The Hall–Kier alpha value is -0.610. The summed E-state index contributed by atoms with van der Waals surface area (Å²) in [5.41, 5.74) is 5.59. The Labute approximate surface area is 92.4 Å². The van der Waals surface area contributed by atoms with Crippen LogP contribution in [-0.4, -0.2) is 55.5 Å². The molecular weight excluding hydrogens is 190 g/mol. The highest BCUT2D eigenvalue weighted by atomic mass is 16.2. The Morgan fingerprint density at radius 3 is 2.67 bits per heavy atom. The second kappa shape index (κ2) is 5.47. The van der Waals surface area contributed by atoms with Crippen molar-refractivity contribution in [1.29, 1.82) is 0 Å². The molecule has 1 saturated heterocycles. The van der Waals surface area contributed by atoms with E-state index < -0.39 is 0 Å². The van der Waals surface area contributed by atoms with Crippen molar-refractivity contribution in [3.8, 4) is 0 Å². The molecule has 4 heteroatoms. The van der Waals surface area contributed by atoms with Crippen LogP contribution < -0.4 is 5.73 Å². The van der Waals surface area contributed by atoms with E-state index in [2.05, 4.69) is 19.0 Å². The molecule has 2 N–H and O–H groups in total. The van der Waals surface area contributed by atoms with Crippen molar-refractivity contribution < 1.29 is 4.79 Å². The highest BCUT2D eigenvalue weighted by molar-refractivity contribution is 5.79. The lowest BCUT2D eigenvalue weighted by molar-refractivity contribution is -0.134. The predicted octanol–water partition coefficient (Wildman–Crippen LogP) is 0.134.